The van der Waals surface area contributed by atoms with E-state index in [1.807, 2.05) is 51.0 Å². The van der Waals surface area contributed by atoms with E-state index in [4.69, 9.17) is 11.6 Å². The highest BCUT2D eigenvalue weighted by atomic mass is 35.5. The van der Waals surface area contributed by atoms with Gasteiger partial charge in [-0.2, -0.15) is 5.10 Å². The van der Waals surface area contributed by atoms with E-state index in [1.165, 1.54) is 0 Å². The smallest absolute Gasteiger partial charge is 0.253 e. The number of alkyl halides is 1. The number of hydrogen-bond acceptors (Lipinski definition) is 4. The summed E-state index contributed by atoms with van der Waals surface area (Å²) in [6.45, 7) is 5.54. The fourth-order valence-electron chi connectivity index (χ4n) is 5.41. The molecule has 0 aliphatic carbocycles. The highest BCUT2D eigenvalue weighted by Crippen LogP contribution is 2.19. The van der Waals surface area contributed by atoms with Gasteiger partial charge in [0.05, 0.1) is 6.04 Å². The predicted octanol–water partition coefficient (Wildman–Crippen LogP) is 4.84. The first-order chi connectivity index (χ1) is 18.6. The highest BCUT2D eigenvalue weighted by Gasteiger charge is 2.21. The lowest BCUT2D eigenvalue weighted by Crippen LogP contribution is -2.32. The monoisotopic (exact) mass is 533 g/mol. The molecule has 3 heterocycles. The SMILES string of the molecule is O=C(c1ccc(CN(Cc2ccc(C(=O)N3CCCC3)cc2)C[C@@H](CCl)n2cccn2)cc1)N1CCCC1. The van der Waals surface area contributed by atoms with Crippen LogP contribution in [0.2, 0.25) is 0 Å². The second-order valence-corrected chi connectivity index (χ2v) is 10.7. The van der Waals surface area contributed by atoms with E-state index < -0.39 is 0 Å². The zero-order valence-electron chi connectivity index (χ0n) is 21.8. The molecule has 0 unspecified atom stereocenters. The van der Waals surface area contributed by atoms with Crippen LogP contribution in [-0.4, -0.2) is 74.9 Å². The molecule has 0 saturated carbocycles. The Morgan fingerprint density at radius 3 is 1.66 bits per heavy atom. The molecule has 0 radical (unpaired) electrons. The Balaban J connectivity index is 1.29. The van der Waals surface area contributed by atoms with Crippen LogP contribution < -0.4 is 0 Å². The Morgan fingerprint density at radius 1 is 0.789 bits per heavy atom. The van der Waals surface area contributed by atoms with Gasteiger partial charge in [-0.3, -0.25) is 19.2 Å². The van der Waals surface area contributed by atoms with Crippen LogP contribution in [0.4, 0.5) is 0 Å². The molecule has 200 valence electrons. The predicted molar refractivity (Wildman–Crippen MR) is 149 cm³/mol. The lowest BCUT2D eigenvalue weighted by molar-refractivity contribution is 0.0785. The van der Waals surface area contributed by atoms with E-state index in [0.29, 0.717) is 25.5 Å². The first-order valence-electron chi connectivity index (χ1n) is 13.6. The van der Waals surface area contributed by atoms with Gasteiger partial charge in [0, 0.05) is 75.2 Å². The number of likely N-dealkylation sites (tertiary alicyclic amines) is 2. The van der Waals surface area contributed by atoms with Crippen LogP contribution in [0.5, 0.6) is 0 Å². The van der Waals surface area contributed by atoms with E-state index in [0.717, 1.165) is 74.1 Å². The van der Waals surface area contributed by atoms with Crippen LogP contribution in [0.1, 0.15) is 63.6 Å². The number of aromatic nitrogens is 2. The van der Waals surface area contributed by atoms with Crippen molar-refractivity contribution in [1.82, 2.24) is 24.5 Å². The molecule has 2 aromatic carbocycles. The van der Waals surface area contributed by atoms with Gasteiger partial charge in [0.25, 0.3) is 11.8 Å². The van der Waals surface area contributed by atoms with Crippen LogP contribution in [0.3, 0.4) is 0 Å². The molecule has 0 N–H and O–H groups in total. The number of hydrogen-bond donors (Lipinski definition) is 0. The van der Waals surface area contributed by atoms with Crippen LogP contribution in [0.15, 0.2) is 67.0 Å². The Hall–Kier alpha value is -3.16. The number of rotatable bonds is 10. The molecule has 0 bridgehead atoms. The number of carbonyl (C=O) groups is 2. The second kappa shape index (κ2) is 12.6. The first-order valence-corrected chi connectivity index (χ1v) is 14.2. The zero-order valence-corrected chi connectivity index (χ0v) is 22.6. The molecule has 2 amide bonds. The lowest BCUT2D eigenvalue weighted by Gasteiger charge is -2.27. The second-order valence-electron chi connectivity index (χ2n) is 10.4. The van der Waals surface area contributed by atoms with Crippen molar-refractivity contribution in [2.24, 2.45) is 0 Å². The average molecular weight is 534 g/mol. The van der Waals surface area contributed by atoms with Gasteiger partial charge in [-0.05, 0) is 67.1 Å². The summed E-state index contributed by atoms with van der Waals surface area (Å²) in [6.07, 6.45) is 8.07. The molecule has 2 aliphatic heterocycles. The number of amides is 2. The van der Waals surface area contributed by atoms with Gasteiger partial charge in [0.15, 0.2) is 0 Å². The van der Waals surface area contributed by atoms with E-state index in [9.17, 15) is 9.59 Å². The standard InChI is InChI=1S/C30H36ClN5O2/c31-20-28(36-19-5-14-32-36)23-33(21-24-6-10-26(11-7-24)29(37)34-15-1-2-16-34)22-25-8-12-27(13-9-25)30(38)35-17-3-4-18-35/h5-14,19,28H,1-4,15-18,20-23H2/t28-/m1/s1. The fraction of sp³-hybridized carbons (Fsp3) is 0.433. The van der Waals surface area contributed by atoms with Gasteiger partial charge < -0.3 is 9.80 Å². The number of halogens is 1. The van der Waals surface area contributed by atoms with Crippen molar-refractivity contribution in [3.63, 3.8) is 0 Å². The first kappa shape index (κ1) is 26.4. The number of benzene rings is 2. The van der Waals surface area contributed by atoms with Crippen molar-refractivity contribution in [3.8, 4) is 0 Å². The molecule has 1 atom stereocenters. The Kier molecular flexibility index (Phi) is 8.76. The maximum absolute atomic E-state index is 12.8. The summed E-state index contributed by atoms with van der Waals surface area (Å²) in [7, 11) is 0. The molecule has 0 spiro atoms. The highest BCUT2D eigenvalue weighted by molar-refractivity contribution is 6.18. The fourth-order valence-corrected chi connectivity index (χ4v) is 5.65. The lowest BCUT2D eigenvalue weighted by atomic mass is 10.1. The van der Waals surface area contributed by atoms with Crippen LogP contribution in [0.25, 0.3) is 0 Å². The molecule has 2 fully saturated rings. The van der Waals surface area contributed by atoms with Crippen LogP contribution in [0, 0.1) is 0 Å². The molecular formula is C30H36ClN5O2. The van der Waals surface area contributed by atoms with Gasteiger partial charge in [-0.15, -0.1) is 11.6 Å². The van der Waals surface area contributed by atoms with Gasteiger partial charge in [-0.25, -0.2) is 0 Å². The van der Waals surface area contributed by atoms with Crippen molar-refractivity contribution < 1.29 is 9.59 Å². The quantitative estimate of drug-likeness (QED) is 0.350. The maximum Gasteiger partial charge on any atom is 0.253 e. The van der Waals surface area contributed by atoms with Crippen molar-refractivity contribution in [1.29, 1.82) is 0 Å². The minimum Gasteiger partial charge on any atom is -0.339 e. The van der Waals surface area contributed by atoms with Crippen LogP contribution >= 0.6 is 11.6 Å². The van der Waals surface area contributed by atoms with Gasteiger partial charge >= 0.3 is 0 Å². The molecule has 38 heavy (non-hydrogen) atoms. The summed E-state index contributed by atoms with van der Waals surface area (Å²) in [5, 5.41) is 4.41. The minimum atomic E-state index is 0.0266. The van der Waals surface area contributed by atoms with Gasteiger partial charge in [0.1, 0.15) is 0 Å². The largest absolute Gasteiger partial charge is 0.339 e. The van der Waals surface area contributed by atoms with Gasteiger partial charge in [-0.1, -0.05) is 24.3 Å². The summed E-state index contributed by atoms with van der Waals surface area (Å²) in [4.78, 5) is 31.8. The van der Waals surface area contributed by atoms with E-state index >= 15 is 0 Å². The van der Waals surface area contributed by atoms with E-state index in [1.54, 1.807) is 6.20 Å². The van der Waals surface area contributed by atoms with Crippen molar-refractivity contribution in [3.05, 3.63) is 89.2 Å². The topological polar surface area (TPSA) is 61.7 Å². The number of nitrogens with zero attached hydrogens (tertiary/aromatic N) is 5. The summed E-state index contributed by atoms with van der Waals surface area (Å²) >= 11 is 6.37. The third kappa shape index (κ3) is 6.45. The average Bonchev–Trinajstić information content (AvgIpc) is 3.76. The van der Waals surface area contributed by atoms with Crippen molar-refractivity contribution in [2.75, 3.05) is 38.6 Å². The summed E-state index contributed by atoms with van der Waals surface area (Å²) in [5.74, 6) is 0.691. The Morgan fingerprint density at radius 2 is 1.26 bits per heavy atom. The van der Waals surface area contributed by atoms with Crippen molar-refractivity contribution >= 4 is 23.4 Å². The maximum atomic E-state index is 12.8. The summed E-state index contributed by atoms with van der Waals surface area (Å²) < 4.78 is 1.91. The number of carbonyl (C=O) groups excluding carboxylic acids is 2. The molecule has 1 aromatic heterocycles. The normalized spacial score (nSPS) is 16.4. The van der Waals surface area contributed by atoms with E-state index in [-0.39, 0.29) is 17.9 Å². The zero-order chi connectivity index (χ0) is 26.3. The summed E-state index contributed by atoms with van der Waals surface area (Å²) in [5.41, 5.74) is 3.77. The Bertz CT molecular complexity index is 1110. The molecule has 3 aromatic rings. The molecule has 2 aliphatic rings. The van der Waals surface area contributed by atoms with Crippen molar-refractivity contribution in [2.45, 2.75) is 44.8 Å². The van der Waals surface area contributed by atoms with Gasteiger partial charge in [0.2, 0.25) is 0 Å². The summed E-state index contributed by atoms with van der Waals surface area (Å²) in [6, 6.07) is 17.9. The van der Waals surface area contributed by atoms with E-state index in [2.05, 4.69) is 34.3 Å². The third-order valence-electron chi connectivity index (χ3n) is 7.55. The molecule has 7 nitrogen and oxygen atoms in total. The Labute approximate surface area is 230 Å². The van der Waals surface area contributed by atoms with Crippen LogP contribution in [-0.2, 0) is 13.1 Å². The molecule has 5 rings (SSSR count). The molecule has 8 heteroatoms. The molecular weight excluding hydrogens is 498 g/mol. The third-order valence-corrected chi connectivity index (χ3v) is 7.90. The molecule has 2 saturated heterocycles. The minimum absolute atomic E-state index is 0.0266.